The van der Waals surface area contributed by atoms with Gasteiger partial charge in [0.25, 0.3) is 5.69 Å². The Kier molecular flexibility index (Phi) is 3.15. The van der Waals surface area contributed by atoms with E-state index in [9.17, 15) is 10.1 Å². The molecule has 0 radical (unpaired) electrons. The fraction of sp³-hybridized carbons (Fsp3) is 0.286. The van der Waals surface area contributed by atoms with Crippen LogP contribution in [0.15, 0.2) is 24.3 Å². The van der Waals surface area contributed by atoms with Crippen molar-refractivity contribution in [3.8, 4) is 11.4 Å². The molecular formula is C14H14N4O2. The van der Waals surface area contributed by atoms with E-state index in [1.165, 1.54) is 17.7 Å². The molecule has 3 rings (SSSR count). The maximum atomic E-state index is 10.7. The summed E-state index contributed by atoms with van der Waals surface area (Å²) in [4.78, 5) is 19.4. The lowest BCUT2D eigenvalue weighted by molar-refractivity contribution is -0.384. The third kappa shape index (κ3) is 2.14. The van der Waals surface area contributed by atoms with Gasteiger partial charge in [-0.2, -0.15) is 0 Å². The van der Waals surface area contributed by atoms with Crippen molar-refractivity contribution in [3.63, 3.8) is 0 Å². The smallest absolute Gasteiger partial charge is 0.269 e. The van der Waals surface area contributed by atoms with E-state index >= 15 is 0 Å². The largest absolute Gasteiger partial charge is 0.307 e. The second kappa shape index (κ2) is 4.97. The quantitative estimate of drug-likeness (QED) is 0.683. The molecule has 1 aromatic carbocycles. The summed E-state index contributed by atoms with van der Waals surface area (Å²) in [6.45, 7) is 3.64. The van der Waals surface area contributed by atoms with Gasteiger partial charge in [-0.15, -0.1) is 0 Å². The molecule has 1 aromatic heterocycles. The fourth-order valence-electron chi connectivity index (χ4n) is 2.39. The molecule has 2 heterocycles. The van der Waals surface area contributed by atoms with E-state index in [4.69, 9.17) is 0 Å². The average Bonchev–Trinajstić information content (AvgIpc) is 2.94. The van der Waals surface area contributed by atoms with E-state index in [1.54, 1.807) is 12.1 Å². The zero-order valence-electron chi connectivity index (χ0n) is 11.1. The molecule has 0 saturated carbocycles. The highest BCUT2D eigenvalue weighted by Crippen LogP contribution is 2.24. The molecule has 20 heavy (non-hydrogen) atoms. The van der Waals surface area contributed by atoms with Crippen LogP contribution in [0, 0.1) is 10.1 Å². The Labute approximate surface area is 116 Å². The van der Waals surface area contributed by atoms with Gasteiger partial charge in [0.15, 0.2) is 5.82 Å². The molecule has 6 heteroatoms. The van der Waals surface area contributed by atoms with E-state index < -0.39 is 4.92 Å². The van der Waals surface area contributed by atoms with Gasteiger partial charge in [-0.1, -0.05) is 6.92 Å². The first-order chi connectivity index (χ1) is 9.69. The number of benzene rings is 1. The van der Waals surface area contributed by atoms with E-state index in [0.29, 0.717) is 5.82 Å². The molecule has 0 unspecified atom stereocenters. The first kappa shape index (κ1) is 12.7. The van der Waals surface area contributed by atoms with Crippen LogP contribution in [0.25, 0.3) is 11.4 Å². The third-order valence-corrected chi connectivity index (χ3v) is 3.44. The molecule has 0 amide bonds. The Hall–Kier alpha value is -2.34. The zero-order valence-corrected chi connectivity index (χ0v) is 11.1. The minimum absolute atomic E-state index is 0.0762. The maximum Gasteiger partial charge on any atom is 0.269 e. The van der Waals surface area contributed by atoms with E-state index in [-0.39, 0.29) is 5.69 Å². The summed E-state index contributed by atoms with van der Waals surface area (Å²) in [6.07, 6.45) is 0.854. The number of hydrogen-bond acceptors (Lipinski definition) is 5. The molecule has 0 spiro atoms. The monoisotopic (exact) mass is 270 g/mol. The average molecular weight is 270 g/mol. The Morgan fingerprint density at radius 3 is 2.65 bits per heavy atom. The van der Waals surface area contributed by atoms with Gasteiger partial charge in [-0.05, 0) is 18.6 Å². The number of hydrogen-bond donors (Lipinski definition) is 1. The number of nitro groups is 1. The molecule has 6 nitrogen and oxygen atoms in total. The van der Waals surface area contributed by atoms with Gasteiger partial charge in [0.1, 0.15) is 0 Å². The Morgan fingerprint density at radius 1 is 1.25 bits per heavy atom. The molecule has 0 bridgehead atoms. The standard InChI is InChI=1S/C14H14N4O2/c1-2-12-11-7-15-8-13(11)17-14(16-12)9-3-5-10(6-4-9)18(19)20/h3-6,15H,2,7-8H2,1H3. The number of non-ortho nitro benzene ring substituents is 1. The lowest BCUT2D eigenvalue weighted by Gasteiger charge is -2.08. The number of nitro benzene ring substituents is 1. The van der Waals surface area contributed by atoms with Crippen molar-refractivity contribution in [1.82, 2.24) is 15.3 Å². The molecule has 0 saturated heterocycles. The molecule has 0 aliphatic carbocycles. The Bertz CT molecular complexity index is 668. The summed E-state index contributed by atoms with van der Waals surface area (Å²) in [5.74, 6) is 0.638. The molecule has 1 aliphatic rings. The van der Waals surface area contributed by atoms with Crippen molar-refractivity contribution in [2.24, 2.45) is 0 Å². The van der Waals surface area contributed by atoms with Crippen molar-refractivity contribution < 1.29 is 4.92 Å². The van der Waals surface area contributed by atoms with Gasteiger partial charge in [-0.25, -0.2) is 9.97 Å². The highest BCUT2D eigenvalue weighted by molar-refractivity contribution is 5.58. The van der Waals surface area contributed by atoms with Crippen molar-refractivity contribution in [1.29, 1.82) is 0 Å². The Balaban J connectivity index is 2.04. The molecule has 1 aliphatic heterocycles. The second-order valence-corrected chi connectivity index (χ2v) is 4.68. The number of aryl methyl sites for hydroxylation is 1. The van der Waals surface area contributed by atoms with Crippen LogP contribution in [0.4, 0.5) is 5.69 Å². The van der Waals surface area contributed by atoms with E-state index in [2.05, 4.69) is 22.2 Å². The summed E-state index contributed by atoms with van der Waals surface area (Å²) >= 11 is 0. The van der Waals surface area contributed by atoms with Gasteiger partial charge < -0.3 is 5.32 Å². The number of fused-ring (bicyclic) bond motifs is 1. The number of nitrogens with zero attached hydrogens (tertiary/aromatic N) is 3. The highest BCUT2D eigenvalue weighted by atomic mass is 16.6. The summed E-state index contributed by atoms with van der Waals surface area (Å²) < 4.78 is 0. The first-order valence-corrected chi connectivity index (χ1v) is 6.53. The summed E-state index contributed by atoms with van der Waals surface area (Å²) in [7, 11) is 0. The molecule has 102 valence electrons. The zero-order chi connectivity index (χ0) is 14.1. The summed E-state index contributed by atoms with van der Waals surface area (Å²) in [6, 6.07) is 6.36. The van der Waals surface area contributed by atoms with E-state index in [1.807, 2.05) is 0 Å². The predicted molar refractivity (Wildman–Crippen MR) is 74.0 cm³/mol. The Morgan fingerprint density at radius 2 is 2.00 bits per heavy atom. The lowest BCUT2D eigenvalue weighted by Crippen LogP contribution is -2.02. The normalized spacial score (nSPS) is 13.2. The van der Waals surface area contributed by atoms with Crippen LogP contribution in [0.1, 0.15) is 23.9 Å². The van der Waals surface area contributed by atoms with Gasteiger partial charge in [0, 0.05) is 42.0 Å². The van der Waals surface area contributed by atoms with Crippen molar-refractivity contribution in [2.75, 3.05) is 0 Å². The number of nitrogens with one attached hydrogen (secondary N) is 1. The minimum Gasteiger partial charge on any atom is -0.307 e. The van der Waals surface area contributed by atoms with Crippen LogP contribution in [0.3, 0.4) is 0 Å². The van der Waals surface area contributed by atoms with Gasteiger partial charge in [0.05, 0.1) is 10.6 Å². The summed E-state index contributed by atoms with van der Waals surface area (Å²) in [5.41, 5.74) is 4.16. The molecule has 0 atom stereocenters. The molecule has 1 N–H and O–H groups in total. The van der Waals surface area contributed by atoms with Crippen LogP contribution >= 0.6 is 0 Å². The van der Waals surface area contributed by atoms with Crippen molar-refractivity contribution in [3.05, 3.63) is 51.3 Å². The SMILES string of the molecule is CCc1nc(-c2ccc([N+](=O)[O-])cc2)nc2c1CNC2. The van der Waals surface area contributed by atoms with Crippen LogP contribution in [-0.2, 0) is 19.5 Å². The molecular weight excluding hydrogens is 256 g/mol. The van der Waals surface area contributed by atoms with Gasteiger partial charge in [0.2, 0.25) is 0 Å². The maximum absolute atomic E-state index is 10.7. The predicted octanol–water partition coefficient (Wildman–Crippen LogP) is 2.22. The van der Waals surface area contributed by atoms with Crippen LogP contribution in [0.5, 0.6) is 0 Å². The van der Waals surface area contributed by atoms with Gasteiger partial charge in [-0.3, -0.25) is 10.1 Å². The fourth-order valence-corrected chi connectivity index (χ4v) is 2.39. The topological polar surface area (TPSA) is 81.0 Å². The highest BCUT2D eigenvalue weighted by Gasteiger charge is 2.18. The molecule has 2 aromatic rings. The first-order valence-electron chi connectivity index (χ1n) is 6.53. The van der Waals surface area contributed by atoms with Crippen LogP contribution in [-0.4, -0.2) is 14.9 Å². The van der Waals surface area contributed by atoms with Crippen molar-refractivity contribution >= 4 is 5.69 Å². The van der Waals surface area contributed by atoms with E-state index in [0.717, 1.165) is 36.5 Å². The number of rotatable bonds is 3. The third-order valence-electron chi connectivity index (χ3n) is 3.44. The summed E-state index contributed by atoms with van der Waals surface area (Å²) in [5, 5.41) is 13.9. The van der Waals surface area contributed by atoms with Crippen LogP contribution < -0.4 is 5.32 Å². The second-order valence-electron chi connectivity index (χ2n) is 4.68. The van der Waals surface area contributed by atoms with Gasteiger partial charge >= 0.3 is 0 Å². The lowest BCUT2D eigenvalue weighted by atomic mass is 10.1. The minimum atomic E-state index is -0.408. The number of aromatic nitrogens is 2. The van der Waals surface area contributed by atoms with Crippen molar-refractivity contribution in [2.45, 2.75) is 26.4 Å². The molecule has 0 fully saturated rings. The van der Waals surface area contributed by atoms with Crippen LogP contribution in [0.2, 0.25) is 0 Å².